The van der Waals surface area contributed by atoms with E-state index in [0.29, 0.717) is 0 Å². The number of ether oxygens (including phenoxy) is 1. The monoisotopic (exact) mass is 514 g/mol. The Balaban J connectivity index is 2.52. The van der Waals surface area contributed by atoms with Crippen LogP contribution in [0.15, 0.2) is 28.1 Å². The number of guanidine groups is 1. The summed E-state index contributed by atoms with van der Waals surface area (Å²) < 4.78 is 6.62. The highest BCUT2D eigenvalue weighted by Crippen LogP contribution is 2.31. The Morgan fingerprint density at radius 1 is 1.31 bits per heavy atom. The Morgan fingerprint density at radius 2 is 1.97 bits per heavy atom. The van der Waals surface area contributed by atoms with Crippen molar-refractivity contribution in [2.75, 3.05) is 18.9 Å². The summed E-state index contributed by atoms with van der Waals surface area (Å²) in [6, 6.07) is -2.73. The lowest BCUT2D eigenvalue weighted by Crippen LogP contribution is -2.63. The fourth-order valence-electron chi connectivity index (χ4n) is 3.43. The fraction of sp³-hybridized carbons (Fsp3) is 0.526. The van der Waals surface area contributed by atoms with E-state index in [4.69, 9.17) is 32.8 Å². The average Bonchev–Trinajstić information content (AvgIpc) is 2.82. The second kappa shape index (κ2) is 11.9. The van der Waals surface area contributed by atoms with Crippen LogP contribution in [0.5, 0.6) is 0 Å². The zero-order valence-electron chi connectivity index (χ0n) is 19.0. The second-order valence-corrected chi connectivity index (χ2v) is 8.01. The number of aliphatic imine (C=N–C) groups is 1. The number of aliphatic hydroxyl groups excluding tert-OH is 3. The molecular formula is C19H30N8O9. The number of nitrogens with zero attached hydrogens (tertiary/aromatic N) is 3. The number of nitrogen functional groups attached to an aromatic ring is 1. The van der Waals surface area contributed by atoms with Crippen molar-refractivity contribution in [3.63, 3.8) is 0 Å². The van der Waals surface area contributed by atoms with Gasteiger partial charge in [-0.1, -0.05) is 6.08 Å². The van der Waals surface area contributed by atoms with E-state index in [1.165, 1.54) is 12.2 Å². The molecule has 0 radical (unpaired) electrons. The third-order valence-electron chi connectivity index (χ3n) is 5.32. The predicted molar refractivity (Wildman–Crippen MR) is 123 cm³/mol. The number of hydrogen-bond donors (Lipinski definition) is 10. The molecule has 1 aliphatic heterocycles. The number of carbonyl (C=O) groups is 2. The first-order valence-electron chi connectivity index (χ1n) is 10.5. The number of aliphatic carboxylic acids is 1. The maximum Gasteiger partial charge on any atom is 0.351 e. The summed E-state index contributed by atoms with van der Waals surface area (Å²) in [4.78, 5) is 44.1. The Kier molecular flexibility index (Phi) is 9.45. The highest BCUT2D eigenvalue weighted by atomic mass is 16.5. The largest absolute Gasteiger partial charge is 0.479 e. The number of aromatic nitrogens is 2. The number of nitrogens with two attached hydrogens (primary N) is 4. The molecule has 200 valence electrons. The summed E-state index contributed by atoms with van der Waals surface area (Å²) >= 11 is 0. The summed E-state index contributed by atoms with van der Waals surface area (Å²) in [6.07, 6.45) is -2.01. The molecule has 1 aliphatic rings. The lowest BCUT2D eigenvalue weighted by atomic mass is 9.84. The van der Waals surface area contributed by atoms with Crippen LogP contribution in [0.3, 0.4) is 0 Å². The van der Waals surface area contributed by atoms with Crippen LogP contribution in [-0.4, -0.2) is 96.0 Å². The fourth-order valence-corrected chi connectivity index (χ4v) is 3.43. The number of aliphatic hydroxyl groups is 4. The molecule has 17 nitrogen and oxygen atoms in total. The Bertz CT molecular complexity index is 1070. The van der Waals surface area contributed by atoms with Gasteiger partial charge in [-0.05, 0) is 6.08 Å². The van der Waals surface area contributed by atoms with Gasteiger partial charge in [-0.15, -0.1) is 0 Å². The smallest absolute Gasteiger partial charge is 0.351 e. The molecule has 36 heavy (non-hydrogen) atoms. The SMILES string of the molecule is NC(N)=NC[C@@H](O)C[C@](O)(C(=O)O)[C@H]1O[C@@H](n2cc(CO)c(N)nc2=O)C=C[C@@H]1NC(=O)[C@@H](N)CO. The highest BCUT2D eigenvalue weighted by Gasteiger charge is 2.52. The molecule has 1 amide bonds. The first-order chi connectivity index (χ1) is 16.8. The van der Waals surface area contributed by atoms with Crippen molar-refractivity contribution in [1.82, 2.24) is 14.9 Å². The maximum absolute atomic E-state index is 12.4. The van der Waals surface area contributed by atoms with Crippen molar-refractivity contribution in [1.29, 1.82) is 0 Å². The van der Waals surface area contributed by atoms with Gasteiger partial charge in [0.15, 0.2) is 17.8 Å². The van der Waals surface area contributed by atoms with E-state index in [-0.39, 0.29) is 17.3 Å². The van der Waals surface area contributed by atoms with Crippen LogP contribution < -0.4 is 33.9 Å². The van der Waals surface area contributed by atoms with Crippen LogP contribution >= 0.6 is 0 Å². The van der Waals surface area contributed by atoms with Crippen LogP contribution in [0.1, 0.15) is 18.2 Å². The van der Waals surface area contributed by atoms with Crippen molar-refractivity contribution in [3.05, 3.63) is 34.4 Å². The molecule has 0 saturated carbocycles. The molecule has 17 heteroatoms. The van der Waals surface area contributed by atoms with E-state index >= 15 is 0 Å². The molecule has 2 rings (SSSR count). The van der Waals surface area contributed by atoms with Gasteiger partial charge >= 0.3 is 11.7 Å². The third kappa shape index (κ3) is 6.53. The minimum absolute atomic E-state index is 0.0636. The number of carboxylic acid groups (broad SMARTS) is 1. The molecule has 0 spiro atoms. The Hall–Kier alpha value is -3.61. The quantitative estimate of drug-likeness (QED) is 0.0748. The number of hydrogen-bond acceptors (Lipinski definition) is 12. The van der Waals surface area contributed by atoms with E-state index in [9.17, 15) is 34.8 Å². The molecule has 1 aromatic rings. The topological polar surface area (TPSA) is 308 Å². The number of nitrogens with one attached hydrogen (secondary N) is 1. The van der Waals surface area contributed by atoms with Crippen molar-refractivity contribution < 1.29 is 39.9 Å². The van der Waals surface area contributed by atoms with Crippen LogP contribution in [0, 0.1) is 0 Å². The molecule has 0 fully saturated rings. The summed E-state index contributed by atoms with van der Waals surface area (Å²) in [5, 5.41) is 52.3. The first kappa shape index (κ1) is 28.6. The van der Waals surface area contributed by atoms with Crippen molar-refractivity contribution in [2.45, 2.75) is 49.1 Å². The van der Waals surface area contributed by atoms with Crippen LogP contribution in [0.2, 0.25) is 0 Å². The normalized spacial score (nSPS) is 22.8. The van der Waals surface area contributed by atoms with E-state index in [2.05, 4.69) is 15.3 Å². The van der Waals surface area contributed by atoms with Crippen LogP contribution in [0.4, 0.5) is 5.82 Å². The van der Waals surface area contributed by atoms with Gasteiger partial charge in [-0.25, -0.2) is 9.59 Å². The van der Waals surface area contributed by atoms with Gasteiger partial charge in [0.2, 0.25) is 5.91 Å². The van der Waals surface area contributed by atoms with E-state index in [1.54, 1.807) is 0 Å². The van der Waals surface area contributed by atoms with Gasteiger partial charge < -0.3 is 58.5 Å². The summed E-state index contributed by atoms with van der Waals surface area (Å²) in [5.41, 5.74) is 17.8. The third-order valence-corrected chi connectivity index (χ3v) is 5.32. The molecule has 6 atom stereocenters. The standard InChI is InChI=1S/C19H30N8O9/c20-10(7-29)15(31)25-11-1-2-12(27-5-8(6-28)14(21)26-18(27)34)36-13(11)19(35,16(32)33)3-9(30)4-24-17(22)23/h1-2,5,9-13,28-30,35H,3-4,6-7,20H2,(H,25,31)(H,32,33)(H2,21,26,34)(H4,22,23,24)/t9-,10-,11-,12+,13-,19+/m0/s1. The van der Waals surface area contributed by atoms with Crippen molar-refractivity contribution >= 4 is 23.7 Å². The van der Waals surface area contributed by atoms with Crippen LogP contribution in [0.25, 0.3) is 0 Å². The summed E-state index contributed by atoms with van der Waals surface area (Å²) in [6.45, 7) is -1.77. The number of anilines is 1. The molecule has 0 saturated heterocycles. The molecule has 0 bridgehead atoms. The molecule has 14 N–H and O–H groups in total. The van der Waals surface area contributed by atoms with Gasteiger partial charge in [0, 0.05) is 18.2 Å². The van der Waals surface area contributed by atoms with Crippen molar-refractivity contribution in [2.24, 2.45) is 22.2 Å². The Morgan fingerprint density at radius 3 is 2.53 bits per heavy atom. The minimum atomic E-state index is -2.87. The first-order valence-corrected chi connectivity index (χ1v) is 10.5. The predicted octanol–water partition coefficient (Wildman–Crippen LogP) is -5.58. The maximum atomic E-state index is 12.4. The second-order valence-electron chi connectivity index (χ2n) is 8.01. The molecule has 0 aromatic carbocycles. The van der Waals surface area contributed by atoms with E-state index in [0.717, 1.165) is 10.8 Å². The molecule has 1 aromatic heterocycles. The van der Waals surface area contributed by atoms with Gasteiger partial charge in [0.05, 0.1) is 31.9 Å². The lowest BCUT2D eigenvalue weighted by Gasteiger charge is -2.41. The van der Waals surface area contributed by atoms with Crippen LogP contribution in [-0.2, 0) is 20.9 Å². The van der Waals surface area contributed by atoms with Gasteiger partial charge in [-0.2, -0.15) is 4.98 Å². The molecule has 0 unspecified atom stereocenters. The van der Waals surface area contributed by atoms with Gasteiger partial charge in [0.1, 0.15) is 18.0 Å². The zero-order chi connectivity index (χ0) is 27.2. The summed E-state index contributed by atoms with van der Waals surface area (Å²) in [7, 11) is 0. The lowest BCUT2D eigenvalue weighted by molar-refractivity contribution is -0.197. The minimum Gasteiger partial charge on any atom is -0.479 e. The number of carboxylic acids is 1. The molecule has 0 aliphatic carbocycles. The van der Waals surface area contributed by atoms with Crippen molar-refractivity contribution in [3.8, 4) is 0 Å². The summed E-state index contributed by atoms with van der Waals surface area (Å²) in [5.74, 6) is -3.36. The average molecular weight is 514 g/mol. The highest BCUT2D eigenvalue weighted by molar-refractivity contribution is 5.83. The van der Waals surface area contributed by atoms with E-state index in [1.807, 2.05) is 0 Å². The number of rotatable bonds is 11. The van der Waals surface area contributed by atoms with Gasteiger partial charge in [-0.3, -0.25) is 14.4 Å². The molecule has 2 heterocycles. The number of amides is 1. The van der Waals surface area contributed by atoms with E-state index < -0.39 is 79.9 Å². The Labute approximate surface area is 203 Å². The molecular weight excluding hydrogens is 484 g/mol. The number of carbonyl (C=O) groups excluding carboxylic acids is 1. The van der Waals surface area contributed by atoms with Gasteiger partial charge in [0.25, 0.3) is 0 Å². The zero-order valence-corrected chi connectivity index (χ0v) is 19.0.